The van der Waals surface area contributed by atoms with Gasteiger partial charge in [0.1, 0.15) is 16.1 Å². The Balaban J connectivity index is 1.72. The number of benzene rings is 1. The molecule has 2 heterocycles. The van der Waals surface area contributed by atoms with Crippen LogP contribution >= 0.6 is 39.0 Å². The summed E-state index contributed by atoms with van der Waals surface area (Å²) in [6.45, 7) is 8.29. The molecule has 1 aromatic carbocycles. The van der Waals surface area contributed by atoms with Crippen LogP contribution in [0, 0.1) is 6.92 Å². The molecule has 0 radical (unpaired) electrons. The summed E-state index contributed by atoms with van der Waals surface area (Å²) in [5, 5.41) is 4.71. The molecular weight excluding hydrogens is 470 g/mol. The van der Waals surface area contributed by atoms with Crippen molar-refractivity contribution in [2.45, 2.75) is 38.6 Å². The number of anilines is 2. The molecular formula is C20H24BrN5OS2. The van der Waals surface area contributed by atoms with E-state index in [0.717, 1.165) is 56.5 Å². The minimum Gasteiger partial charge on any atom is -0.348 e. The lowest BCUT2D eigenvalue weighted by Gasteiger charge is -2.19. The maximum absolute atomic E-state index is 12.4. The van der Waals surface area contributed by atoms with Crippen LogP contribution in [0.2, 0.25) is 0 Å². The SMILES string of the molecule is CCCN(CCC)c1nc2ncnc(SCC(=O)Nc3ccc(C)cc3Br)c2s1. The van der Waals surface area contributed by atoms with E-state index in [1.54, 1.807) is 11.3 Å². The van der Waals surface area contributed by atoms with E-state index in [0.29, 0.717) is 5.65 Å². The Kier molecular flexibility index (Phi) is 7.85. The zero-order chi connectivity index (χ0) is 20.8. The Morgan fingerprint density at radius 1 is 1.24 bits per heavy atom. The van der Waals surface area contributed by atoms with Crippen molar-refractivity contribution in [1.82, 2.24) is 15.0 Å². The van der Waals surface area contributed by atoms with Gasteiger partial charge in [-0.2, -0.15) is 4.98 Å². The van der Waals surface area contributed by atoms with Crippen LogP contribution in [-0.4, -0.2) is 39.7 Å². The van der Waals surface area contributed by atoms with Gasteiger partial charge >= 0.3 is 0 Å². The summed E-state index contributed by atoms with van der Waals surface area (Å²) < 4.78 is 1.81. The van der Waals surface area contributed by atoms with E-state index in [9.17, 15) is 4.79 Å². The van der Waals surface area contributed by atoms with Gasteiger partial charge in [0.15, 0.2) is 10.8 Å². The highest BCUT2D eigenvalue weighted by atomic mass is 79.9. The summed E-state index contributed by atoms with van der Waals surface area (Å²) in [6, 6.07) is 5.85. The van der Waals surface area contributed by atoms with Gasteiger partial charge in [-0.3, -0.25) is 4.79 Å². The van der Waals surface area contributed by atoms with Gasteiger partial charge in [0, 0.05) is 17.6 Å². The smallest absolute Gasteiger partial charge is 0.234 e. The largest absolute Gasteiger partial charge is 0.348 e. The van der Waals surface area contributed by atoms with Crippen LogP contribution in [-0.2, 0) is 4.79 Å². The highest BCUT2D eigenvalue weighted by Crippen LogP contribution is 2.34. The first-order valence-electron chi connectivity index (χ1n) is 9.57. The lowest BCUT2D eigenvalue weighted by atomic mass is 10.2. The number of aryl methyl sites for hydroxylation is 1. The number of nitrogens with one attached hydrogen (secondary N) is 1. The van der Waals surface area contributed by atoms with E-state index >= 15 is 0 Å². The summed E-state index contributed by atoms with van der Waals surface area (Å²) in [7, 11) is 0. The molecule has 0 bridgehead atoms. The molecule has 1 amide bonds. The highest BCUT2D eigenvalue weighted by Gasteiger charge is 2.16. The third-order valence-corrected chi connectivity index (χ3v) is 7.03. The molecule has 0 aliphatic carbocycles. The van der Waals surface area contributed by atoms with Gasteiger partial charge in [-0.1, -0.05) is 43.0 Å². The Hall–Kier alpha value is -1.71. The van der Waals surface area contributed by atoms with E-state index in [4.69, 9.17) is 4.98 Å². The van der Waals surface area contributed by atoms with Crippen molar-refractivity contribution in [3.05, 3.63) is 34.6 Å². The molecule has 0 fully saturated rings. The van der Waals surface area contributed by atoms with Gasteiger partial charge in [-0.05, 0) is 53.4 Å². The second kappa shape index (κ2) is 10.4. The van der Waals surface area contributed by atoms with Crippen molar-refractivity contribution in [2.75, 3.05) is 29.1 Å². The van der Waals surface area contributed by atoms with E-state index in [-0.39, 0.29) is 11.7 Å². The first-order valence-corrected chi connectivity index (χ1v) is 12.2. The summed E-state index contributed by atoms with van der Waals surface area (Å²) in [5.41, 5.74) is 2.60. The fourth-order valence-electron chi connectivity index (χ4n) is 2.85. The number of aromatic nitrogens is 3. The number of halogens is 1. The minimum absolute atomic E-state index is 0.0744. The predicted octanol–water partition coefficient (Wildman–Crippen LogP) is 5.51. The topological polar surface area (TPSA) is 71.0 Å². The molecule has 9 heteroatoms. The number of amides is 1. The molecule has 29 heavy (non-hydrogen) atoms. The average molecular weight is 494 g/mol. The van der Waals surface area contributed by atoms with E-state index in [1.807, 2.05) is 25.1 Å². The molecule has 0 spiro atoms. The van der Waals surface area contributed by atoms with Crippen LogP contribution in [0.4, 0.5) is 10.8 Å². The Morgan fingerprint density at radius 2 is 2.00 bits per heavy atom. The Morgan fingerprint density at radius 3 is 2.69 bits per heavy atom. The van der Waals surface area contributed by atoms with Crippen molar-refractivity contribution in [3.8, 4) is 0 Å². The van der Waals surface area contributed by atoms with E-state index < -0.39 is 0 Å². The number of nitrogens with zero attached hydrogens (tertiary/aromatic N) is 4. The minimum atomic E-state index is -0.0744. The van der Waals surface area contributed by atoms with Crippen molar-refractivity contribution in [2.24, 2.45) is 0 Å². The summed E-state index contributed by atoms with van der Waals surface area (Å²) >= 11 is 6.51. The zero-order valence-corrected chi connectivity index (χ0v) is 20.0. The molecule has 154 valence electrons. The maximum Gasteiger partial charge on any atom is 0.234 e. The molecule has 0 aliphatic rings. The number of thioether (sulfide) groups is 1. The van der Waals surface area contributed by atoms with Gasteiger partial charge in [-0.15, -0.1) is 0 Å². The monoisotopic (exact) mass is 493 g/mol. The molecule has 0 atom stereocenters. The second-order valence-corrected chi connectivity index (χ2v) is 9.43. The summed E-state index contributed by atoms with van der Waals surface area (Å²) in [6.07, 6.45) is 3.66. The third kappa shape index (κ3) is 5.67. The predicted molar refractivity (Wildman–Crippen MR) is 126 cm³/mol. The van der Waals surface area contributed by atoms with E-state index in [1.165, 1.54) is 18.1 Å². The zero-order valence-electron chi connectivity index (χ0n) is 16.7. The van der Waals surface area contributed by atoms with Gasteiger partial charge in [-0.25, -0.2) is 9.97 Å². The van der Waals surface area contributed by atoms with Crippen LogP contribution < -0.4 is 10.2 Å². The molecule has 0 saturated heterocycles. The Bertz CT molecular complexity index is 988. The number of fused-ring (bicyclic) bond motifs is 1. The third-order valence-electron chi connectivity index (χ3n) is 4.14. The standard InChI is InChI=1S/C20H24BrN5OS2/c1-4-8-26(9-5-2)20-25-18-17(29-20)19(23-12-22-18)28-11-16(27)24-15-7-6-13(3)10-14(15)21/h6-7,10,12H,4-5,8-9,11H2,1-3H3,(H,24,27). The molecule has 2 aromatic heterocycles. The fourth-order valence-corrected chi connectivity index (χ4v) is 5.38. The molecule has 3 rings (SSSR count). The van der Waals surface area contributed by atoms with Crippen molar-refractivity contribution in [3.63, 3.8) is 0 Å². The first-order chi connectivity index (χ1) is 14.0. The number of rotatable bonds is 9. The van der Waals surface area contributed by atoms with Crippen LogP contribution in [0.1, 0.15) is 32.3 Å². The van der Waals surface area contributed by atoms with Crippen molar-refractivity contribution < 1.29 is 4.79 Å². The van der Waals surface area contributed by atoms with Crippen molar-refractivity contribution in [1.29, 1.82) is 0 Å². The lowest BCUT2D eigenvalue weighted by molar-refractivity contribution is -0.113. The van der Waals surface area contributed by atoms with Gasteiger partial charge in [0.2, 0.25) is 5.91 Å². The molecule has 6 nitrogen and oxygen atoms in total. The molecule has 0 saturated carbocycles. The van der Waals surface area contributed by atoms with Gasteiger partial charge < -0.3 is 10.2 Å². The van der Waals surface area contributed by atoms with Crippen LogP contribution in [0.5, 0.6) is 0 Å². The maximum atomic E-state index is 12.4. The number of hydrogen-bond donors (Lipinski definition) is 1. The summed E-state index contributed by atoms with van der Waals surface area (Å²) in [5.74, 6) is 0.197. The molecule has 3 aromatic rings. The Labute approximate surface area is 187 Å². The number of hydrogen-bond acceptors (Lipinski definition) is 7. The van der Waals surface area contributed by atoms with Gasteiger partial charge in [0.25, 0.3) is 0 Å². The van der Waals surface area contributed by atoms with Gasteiger partial charge in [0.05, 0.1) is 11.4 Å². The summed E-state index contributed by atoms with van der Waals surface area (Å²) in [4.78, 5) is 28.1. The van der Waals surface area contributed by atoms with Crippen LogP contribution in [0.25, 0.3) is 10.3 Å². The molecule has 0 unspecified atom stereocenters. The van der Waals surface area contributed by atoms with Crippen LogP contribution in [0.3, 0.4) is 0 Å². The van der Waals surface area contributed by atoms with E-state index in [2.05, 4.69) is 50.0 Å². The number of carbonyl (C=O) groups excluding carboxylic acids is 1. The normalized spacial score (nSPS) is 11.0. The van der Waals surface area contributed by atoms with Crippen LogP contribution in [0.15, 0.2) is 34.0 Å². The lowest BCUT2D eigenvalue weighted by Crippen LogP contribution is -2.24. The fraction of sp³-hybridized carbons (Fsp3) is 0.400. The number of thiazole rings is 1. The number of carbonyl (C=O) groups is 1. The van der Waals surface area contributed by atoms with Crippen molar-refractivity contribution >= 4 is 66.1 Å². The molecule has 0 aliphatic heterocycles. The average Bonchev–Trinajstić information content (AvgIpc) is 3.13. The molecule has 1 N–H and O–H groups in total. The second-order valence-electron chi connectivity index (χ2n) is 6.64. The highest BCUT2D eigenvalue weighted by molar-refractivity contribution is 9.10. The first kappa shape index (κ1) is 22.0. The quantitative estimate of drug-likeness (QED) is 0.312.